The van der Waals surface area contributed by atoms with Crippen molar-refractivity contribution in [2.24, 2.45) is 5.92 Å². The lowest BCUT2D eigenvalue weighted by Gasteiger charge is -2.32. The third kappa shape index (κ3) is 3.89. The van der Waals surface area contributed by atoms with Crippen LogP contribution in [0.4, 0.5) is 0 Å². The van der Waals surface area contributed by atoms with E-state index in [0.29, 0.717) is 6.42 Å². The number of piperidine rings is 1. The summed E-state index contributed by atoms with van der Waals surface area (Å²) in [7, 11) is 0. The maximum absolute atomic E-state index is 12.3. The topological polar surface area (TPSA) is 36.1 Å². The van der Waals surface area contributed by atoms with Gasteiger partial charge in [0.05, 0.1) is 6.42 Å². The van der Waals surface area contributed by atoms with Crippen molar-refractivity contribution in [3.63, 3.8) is 0 Å². The Bertz CT molecular complexity index is 484. The number of aryl methyl sites for hydroxylation is 1. The van der Waals surface area contributed by atoms with Crippen molar-refractivity contribution < 1.29 is 4.79 Å². The Labute approximate surface area is 124 Å². The van der Waals surface area contributed by atoms with Crippen LogP contribution in [0.5, 0.6) is 0 Å². The molecule has 0 radical (unpaired) electrons. The van der Waals surface area contributed by atoms with Gasteiger partial charge in [0.25, 0.3) is 0 Å². The van der Waals surface area contributed by atoms with Crippen LogP contribution in [0.25, 0.3) is 0 Å². The molecule has 1 aliphatic rings. The number of hydrogen-bond acceptors (Lipinski definition) is 3. The average Bonchev–Trinajstić information content (AvgIpc) is 2.69. The van der Waals surface area contributed by atoms with Crippen LogP contribution in [0.1, 0.15) is 43.2 Å². The summed E-state index contributed by atoms with van der Waals surface area (Å²) in [5.41, 5.74) is 1.05. The standard InChI is InChI=1S/C14H22N2OS2/c1-3-4-11-5-7-16(8-6-11)13(17)9-12-10(2)15-14(18)19-12/h11H,3-9H2,1-2H3,(H,15,18). The van der Waals surface area contributed by atoms with Crippen molar-refractivity contribution in [1.82, 2.24) is 9.88 Å². The summed E-state index contributed by atoms with van der Waals surface area (Å²) in [6, 6.07) is 0. The number of carbonyl (C=O) groups excluding carboxylic acids is 1. The highest BCUT2D eigenvalue weighted by Crippen LogP contribution is 2.23. The number of nitrogens with one attached hydrogen (secondary N) is 1. The van der Waals surface area contributed by atoms with Gasteiger partial charge >= 0.3 is 0 Å². The van der Waals surface area contributed by atoms with Crippen LogP contribution in [0.3, 0.4) is 0 Å². The summed E-state index contributed by atoms with van der Waals surface area (Å²) >= 11 is 6.64. The lowest BCUT2D eigenvalue weighted by molar-refractivity contribution is -0.131. The van der Waals surface area contributed by atoms with Gasteiger partial charge in [0, 0.05) is 23.7 Å². The maximum atomic E-state index is 12.3. The predicted octanol–water partition coefficient (Wildman–Crippen LogP) is 3.70. The second kappa shape index (κ2) is 6.66. The Morgan fingerprint density at radius 1 is 1.47 bits per heavy atom. The Morgan fingerprint density at radius 3 is 2.68 bits per heavy atom. The van der Waals surface area contributed by atoms with E-state index in [1.807, 2.05) is 11.8 Å². The van der Waals surface area contributed by atoms with E-state index < -0.39 is 0 Å². The fourth-order valence-corrected chi connectivity index (χ4v) is 4.02. The minimum atomic E-state index is 0.253. The van der Waals surface area contributed by atoms with Crippen LogP contribution in [-0.2, 0) is 11.2 Å². The first-order valence-corrected chi connectivity index (χ1v) is 8.29. The largest absolute Gasteiger partial charge is 0.342 e. The molecular weight excluding hydrogens is 276 g/mol. The number of likely N-dealkylation sites (tertiary alicyclic amines) is 1. The Kier molecular flexibility index (Phi) is 5.16. The molecule has 1 saturated heterocycles. The van der Waals surface area contributed by atoms with Gasteiger partial charge in [-0.3, -0.25) is 4.79 Å². The molecule has 0 aromatic carbocycles. The normalized spacial score (nSPS) is 16.8. The number of nitrogens with zero attached hydrogens (tertiary/aromatic N) is 1. The number of H-pyrrole nitrogens is 1. The second-order valence-corrected chi connectivity index (χ2v) is 7.12. The summed E-state index contributed by atoms with van der Waals surface area (Å²) in [5.74, 6) is 1.08. The number of aromatic amines is 1. The van der Waals surface area contributed by atoms with Crippen LogP contribution in [-0.4, -0.2) is 28.9 Å². The van der Waals surface area contributed by atoms with Crippen molar-refractivity contribution in [1.29, 1.82) is 0 Å². The summed E-state index contributed by atoms with van der Waals surface area (Å²) in [5, 5.41) is 0. The van der Waals surface area contributed by atoms with Crippen molar-refractivity contribution in [3.05, 3.63) is 14.5 Å². The van der Waals surface area contributed by atoms with Crippen LogP contribution < -0.4 is 0 Å². The third-order valence-electron chi connectivity index (χ3n) is 3.90. The number of amides is 1. The molecule has 0 saturated carbocycles. The third-order valence-corrected chi connectivity index (χ3v) is 5.24. The van der Waals surface area contributed by atoms with E-state index in [1.54, 1.807) is 0 Å². The Hall–Kier alpha value is -0.680. The average molecular weight is 298 g/mol. The fourth-order valence-electron chi connectivity index (χ4n) is 2.73. The molecule has 1 fully saturated rings. The Morgan fingerprint density at radius 2 is 2.16 bits per heavy atom. The molecule has 0 bridgehead atoms. The molecule has 1 N–H and O–H groups in total. The molecule has 3 nitrogen and oxygen atoms in total. The van der Waals surface area contributed by atoms with Crippen molar-refractivity contribution >= 4 is 29.5 Å². The minimum Gasteiger partial charge on any atom is -0.342 e. The quantitative estimate of drug-likeness (QED) is 0.861. The molecule has 19 heavy (non-hydrogen) atoms. The van der Waals surface area contributed by atoms with Crippen molar-refractivity contribution in [2.45, 2.75) is 46.0 Å². The molecule has 106 valence electrons. The van der Waals surface area contributed by atoms with Crippen molar-refractivity contribution in [2.75, 3.05) is 13.1 Å². The minimum absolute atomic E-state index is 0.253. The summed E-state index contributed by atoms with van der Waals surface area (Å²) in [6.07, 6.45) is 5.40. The molecule has 0 atom stereocenters. The molecule has 1 aliphatic heterocycles. The lowest BCUT2D eigenvalue weighted by Crippen LogP contribution is -2.39. The predicted molar refractivity (Wildman–Crippen MR) is 82.2 cm³/mol. The zero-order valence-electron chi connectivity index (χ0n) is 11.7. The van der Waals surface area contributed by atoms with Gasteiger partial charge in [0.15, 0.2) is 3.95 Å². The zero-order valence-corrected chi connectivity index (χ0v) is 13.3. The van der Waals surface area contributed by atoms with Gasteiger partial charge in [-0.15, -0.1) is 11.3 Å². The first-order chi connectivity index (χ1) is 9.10. The number of thiazole rings is 1. The number of rotatable bonds is 4. The fraction of sp³-hybridized carbons (Fsp3) is 0.714. The summed E-state index contributed by atoms with van der Waals surface area (Å²) < 4.78 is 0.766. The molecular formula is C14H22N2OS2. The van der Waals surface area contributed by atoms with Gasteiger partial charge in [0.2, 0.25) is 5.91 Å². The number of carbonyl (C=O) groups is 1. The zero-order chi connectivity index (χ0) is 13.8. The number of aromatic nitrogens is 1. The van der Waals surface area contributed by atoms with E-state index >= 15 is 0 Å². The second-order valence-electron chi connectivity index (χ2n) is 5.35. The van der Waals surface area contributed by atoms with Crippen LogP contribution in [0.15, 0.2) is 0 Å². The first-order valence-electron chi connectivity index (χ1n) is 7.06. The lowest BCUT2D eigenvalue weighted by atomic mass is 9.92. The molecule has 2 heterocycles. The van der Waals surface area contributed by atoms with Gasteiger partial charge in [-0.1, -0.05) is 19.8 Å². The molecule has 1 amide bonds. The van der Waals surface area contributed by atoms with Crippen LogP contribution in [0, 0.1) is 16.8 Å². The first kappa shape index (κ1) is 14.7. The molecule has 5 heteroatoms. The van der Waals surface area contributed by atoms with E-state index in [1.165, 1.54) is 37.0 Å². The van der Waals surface area contributed by atoms with E-state index in [-0.39, 0.29) is 5.91 Å². The molecule has 1 aromatic heterocycles. The molecule has 1 aromatic rings. The van der Waals surface area contributed by atoms with E-state index in [0.717, 1.165) is 33.5 Å². The highest BCUT2D eigenvalue weighted by Gasteiger charge is 2.22. The Balaban J connectivity index is 1.88. The summed E-state index contributed by atoms with van der Waals surface area (Å²) in [4.78, 5) is 18.5. The van der Waals surface area contributed by atoms with E-state index in [9.17, 15) is 4.79 Å². The van der Waals surface area contributed by atoms with Gasteiger partial charge in [0.1, 0.15) is 0 Å². The number of hydrogen-bond donors (Lipinski definition) is 1. The highest BCUT2D eigenvalue weighted by molar-refractivity contribution is 7.73. The van der Waals surface area contributed by atoms with E-state index in [4.69, 9.17) is 12.2 Å². The van der Waals surface area contributed by atoms with Gasteiger partial charge in [-0.05, 0) is 37.9 Å². The molecule has 0 aliphatic carbocycles. The highest BCUT2D eigenvalue weighted by atomic mass is 32.1. The smallest absolute Gasteiger partial charge is 0.227 e. The van der Waals surface area contributed by atoms with E-state index in [2.05, 4.69) is 11.9 Å². The van der Waals surface area contributed by atoms with Crippen molar-refractivity contribution in [3.8, 4) is 0 Å². The van der Waals surface area contributed by atoms with Gasteiger partial charge < -0.3 is 9.88 Å². The molecule has 2 rings (SSSR count). The SMILES string of the molecule is CCCC1CCN(C(=O)Cc2sc(=S)[nH]c2C)CC1. The molecule has 0 unspecified atom stereocenters. The maximum Gasteiger partial charge on any atom is 0.227 e. The van der Waals surface area contributed by atoms with Crippen LogP contribution >= 0.6 is 23.6 Å². The molecule has 0 spiro atoms. The van der Waals surface area contributed by atoms with Gasteiger partial charge in [-0.25, -0.2) is 0 Å². The monoisotopic (exact) mass is 298 g/mol. The van der Waals surface area contributed by atoms with Gasteiger partial charge in [-0.2, -0.15) is 0 Å². The summed E-state index contributed by atoms with van der Waals surface area (Å²) in [6.45, 7) is 6.08. The van der Waals surface area contributed by atoms with Crippen LogP contribution in [0.2, 0.25) is 0 Å².